The second kappa shape index (κ2) is 10.8. The summed E-state index contributed by atoms with van der Waals surface area (Å²) in [6.07, 6.45) is 0. The monoisotopic (exact) mass is 689 g/mol. The van der Waals surface area contributed by atoms with E-state index in [9.17, 15) is 0 Å². The van der Waals surface area contributed by atoms with Crippen molar-refractivity contribution in [3.8, 4) is 22.3 Å². The van der Waals surface area contributed by atoms with Gasteiger partial charge in [-0.1, -0.05) is 133 Å². The van der Waals surface area contributed by atoms with Crippen LogP contribution in [0.5, 0.6) is 0 Å². The summed E-state index contributed by atoms with van der Waals surface area (Å²) in [6.45, 7) is 0. The molecule has 10 aromatic rings. The molecule has 0 aliphatic heterocycles. The molecule has 53 heavy (non-hydrogen) atoms. The molecule has 12 rings (SSSR count). The highest BCUT2D eigenvalue weighted by Crippen LogP contribution is 2.65. The molecule has 0 bridgehead atoms. The molecule has 0 unspecified atom stereocenters. The fourth-order valence-electron chi connectivity index (χ4n) is 9.70. The molecule has 1 spiro atoms. The zero-order chi connectivity index (χ0) is 34.7. The zero-order valence-corrected chi connectivity index (χ0v) is 29.6. The number of hydrogen-bond acceptors (Lipinski definition) is 2. The number of fused-ring (bicyclic) bond motifs is 16. The third-order valence-electron chi connectivity index (χ3n) is 11.8. The largest absolute Gasteiger partial charge is 0.310 e. The molecule has 1 nitrogen and oxygen atoms in total. The molecule has 2 aliphatic rings. The normalized spacial score (nSPS) is 13.4. The molecule has 9 aromatic carbocycles. The van der Waals surface area contributed by atoms with Crippen LogP contribution in [0.15, 0.2) is 188 Å². The lowest BCUT2D eigenvalue weighted by atomic mass is 9.70. The number of para-hydroxylation sites is 1. The SMILES string of the molecule is c1ccc(N(c2ccc3sc4ccccc4c3c2)c2cc3c(c4ccccc24)-c2cc4ccccc4cc2C32c3ccccc3-c3ccccc32)cc1. The van der Waals surface area contributed by atoms with Gasteiger partial charge in [0.15, 0.2) is 0 Å². The highest BCUT2D eigenvalue weighted by molar-refractivity contribution is 7.25. The van der Waals surface area contributed by atoms with E-state index in [0.717, 1.165) is 11.4 Å². The van der Waals surface area contributed by atoms with Crippen LogP contribution >= 0.6 is 11.3 Å². The first-order valence-electron chi connectivity index (χ1n) is 18.3. The predicted octanol–water partition coefficient (Wildman–Crippen LogP) is 14.2. The molecule has 0 amide bonds. The van der Waals surface area contributed by atoms with Crippen molar-refractivity contribution in [2.24, 2.45) is 0 Å². The summed E-state index contributed by atoms with van der Waals surface area (Å²) in [5.41, 5.74) is 13.7. The van der Waals surface area contributed by atoms with Crippen molar-refractivity contribution in [1.82, 2.24) is 0 Å². The van der Waals surface area contributed by atoms with Crippen LogP contribution in [-0.4, -0.2) is 0 Å². The summed E-state index contributed by atoms with van der Waals surface area (Å²) < 4.78 is 2.63. The molecule has 0 atom stereocenters. The average Bonchev–Trinajstić information content (AvgIpc) is 3.84. The topological polar surface area (TPSA) is 3.24 Å². The van der Waals surface area contributed by atoms with Crippen LogP contribution in [0.2, 0.25) is 0 Å². The molecule has 2 aliphatic carbocycles. The van der Waals surface area contributed by atoms with Crippen molar-refractivity contribution in [2.45, 2.75) is 5.41 Å². The van der Waals surface area contributed by atoms with Gasteiger partial charge in [0, 0.05) is 36.9 Å². The first-order valence-corrected chi connectivity index (χ1v) is 19.2. The Bertz CT molecular complexity index is 3090. The molecule has 0 radical (unpaired) electrons. The highest BCUT2D eigenvalue weighted by Gasteiger charge is 2.52. The van der Waals surface area contributed by atoms with Gasteiger partial charge in [0.05, 0.1) is 11.1 Å². The minimum atomic E-state index is -0.476. The molecule has 0 saturated carbocycles. The number of rotatable bonds is 3. The molecule has 1 aromatic heterocycles. The van der Waals surface area contributed by atoms with E-state index in [1.54, 1.807) is 0 Å². The van der Waals surface area contributed by atoms with Gasteiger partial charge in [0.1, 0.15) is 0 Å². The van der Waals surface area contributed by atoms with Crippen molar-refractivity contribution >= 4 is 70.1 Å². The van der Waals surface area contributed by atoms with E-state index in [2.05, 4.69) is 193 Å². The Morgan fingerprint density at radius 3 is 1.74 bits per heavy atom. The van der Waals surface area contributed by atoms with Gasteiger partial charge < -0.3 is 4.90 Å². The lowest BCUT2D eigenvalue weighted by Gasteiger charge is -2.33. The minimum Gasteiger partial charge on any atom is -0.310 e. The Morgan fingerprint density at radius 1 is 0.358 bits per heavy atom. The predicted molar refractivity (Wildman–Crippen MR) is 225 cm³/mol. The van der Waals surface area contributed by atoms with Gasteiger partial charge in [-0.25, -0.2) is 0 Å². The Kier molecular flexibility index (Phi) is 5.92. The molecule has 1 heterocycles. The van der Waals surface area contributed by atoms with Gasteiger partial charge >= 0.3 is 0 Å². The zero-order valence-electron chi connectivity index (χ0n) is 28.8. The average molecular weight is 690 g/mol. The van der Waals surface area contributed by atoms with E-state index in [1.165, 1.54) is 91.9 Å². The van der Waals surface area contributed by atoms with Gasteiger partial charge in [-0.2, -0.15) is 0 Å². The second-order valence-corrected chi connectivity index (χ2v) is 15.5. The van der Waals surface area contributed by atoms with Gasteiger partial charge in [-0.3, -0.25) is 0 Å². The smallest absolute Gasteiger partial charge is 0.0726 e. The number of benzene rings is 9. The van der Waals surface area contributed by atoms with Crippen LogP contribution in [0.4, 0.5) is 17.1 Å². The fraction of sp³-hybridized carbons (Fsp3) is 0.0196. The third-order valence-corrected chi connectivity index (χ3v) is 13.0. The summed E-state index contributed by atoms with van der Waals surface area (Å²) in [4.78, 5) is 2.49. The van der Waals surface area contributed by atoms with Crippen LogP contribution in [-0.2, 0) is 5.41 Å². The Labute approximate surface area is 311 Å². The summed E-state index contributed by atoms with van der Waals surface area (Å²) >= 11 is 1.87. The number of hydrogen-bond donors (Lipinski definition) is 0. The van der Waals surface area contributed by atoms with Gasteiger partial charge in [0.25, 0.3) is 0 Å². The summed E-state index contributed by atoms with van der Waals surface area (Å²) in [5.74, 6) is 0. The summed E-state index contributed by atoms with van der Waals surface area (Å²) in [5, 5.41) is 7.65. The van der Waals surface area contributed by atoms with E-state index >= 15 is 0 Å². The van der Waals surface area contributed by atoms with Gasteiger partial charge in [-0.05, 0) is 115 Å². The molecule has 0 N–H and O–H groups in total. The van der Waals surface area contributed by atoms with Crippen molar-refractivity contribution in [2.75, 3.05) is 4.90 Å². The highest BCUT2D eigenvalue weighted by atomic mass is 32.1. The lowest BCUT2D eigenvalue weighted by Crippen LogP contribution is -2.26. The van der Waals surface area contributed by atoms with E-state index in [-0.39, 0.29) is 0 Å². The number of anilines is 3. The maximum absolute atomic E-state index is 2.55. The summed E-state index contributed by atoms with van der Waals surface area (Å²) in [7, 11) is 0. The molecular formula is C51H31NS. The van der Waals surface area contributed by atoms with Crippen LogP contribution in [0.25, 0.3) is 64.0 Å². The molecular weight excluding hydrogens is 659 g/mol. The van der Waals surface area contributed by atoms with Crippen LogP contribution < -0.4 is 4.90 Å². The van der Waals surface area contributed by atoms with Crippen molar-refractivity contribution in [3.63, 3.8) is 0 Å². The van der Waals surface area contributed by atoms with E-state index < -0.39 is 5.41 Å². The maximum atomic E-state index is 2.55. The summed E-state index contributed by atoms with van der Waals surface area (Å²) in [6, 6.07) is 70.4. The molecule has 0 saturated heterocycles. The fourth-order valence-corrected chi connectivity index (χ4v) is 10.8. The Balaban J connectivity index is 1.24. The van der Waals surface area contributed by atoms with Crippen LogP contribution in [0.1, 0.15) is 22.3 Å². The second-order valence-electron chi connectivity index (χ2n) is 14.4. The first-order chi connectivity index (χ1) is 26.3. The van der Waals surface area contributed by atoms with Gasteiger partial charge in [-0.15, -0.1) is 11.3 Å². The minimum absolute atomic E-state index is 0.476. The molecule has 246 valence electrons. The molecule has 0 fully saturated rings. The number of nitrogens with zero attached hydrogens (tertiary/aromatic N) is 1. The van der Waals surface area contributed by atoms with E-state index in [4.69, 9.17) is 0 Å². The Morgan fingerprint density at radius 2 is 0.962 bits per heavy atom. The quantitative estimate of drug-likeness (QED) is 0.178. The van der Waals surface area contributed by atoms with E-state index in [0.29, 0.717) is 0 Å². The number of thiophene rings is 1. The Hall–Kier alpha value is -6.48. The maximum Gasteiger partial charge on any atom is 0.0726 e. The third kappa shape index (κ3) is 3.86. The molecule has 2 heteroatoms. The first kappa shape index (κ1) is 29.1. The lowest BCUT2D eigenvalue weighted by molar-refractivity contribution is 0.795. The van der Waals surface area contributed by atoms with Crippen molar-refractivity contribution in [1.29, 1.82) is 0 Å². The van der Waals surface area contributed by atoms with Crippen LogP contribution in [0.3, 0.4) is 0 Å². The van der Waals surface area contributed by atoms with Crippen molar-refractivity contribution in [3.05, 3.63) is 210 Å². The van der Waals surface area contributed by atoms with Gasteiger partial charge in [0.2, 0.25) is 0 Å². The standard InChI is InChI=1S/C51H31NS/c1-2-16-34(17-3-1)52(35-26-27-49-41(30-35)39-21-10-13-25-48(39)53-49)47-31-46-50(40-22-7-6-20-38(40)47)42-28-32-14-4-5-15-33(32)29-45(42)51(46)43-23-11-8-18-36(43)37-19-9-12-24-44(37)51/h1-31H. The van der Waals surface area contributed by atoms with Crippen LogP contribution in [0, 0.1) is 0 Å². The van der Waals surface area contributed by atoms with E-state index in [1.807, 2.05) is 11.3 Å². The van der Waals surface area contributed by atoms with Crippen molar-refractivity contribution < 1.29 is 0 Å².